The largest absolute Gasteiger partial charge is 0.488 e. The van der Waals surface area contributed by atoms with E-state index in [2.05, 4.69) is 371 Å². The Kier molecular flexibility index (Phi) is 20.6. The Bertz CT molecular complexity index is 7530. The third kappa shape index (κ3) is 15.3. The summed E-state index contributed by atoms with van der Waals surface area (Å²) in [6.45, 7) is 0. The van der Waals surface area contributed by atoms with Crippen LogP contribution in [0.2, 0.25) is 5.28 Å². The molecule has 122 heavy (non-hydrogen) atoms. The Morgan fingerprint density at radius 2 is 0.459 bits per heavy atom. The van der Waals surface area contributed by atoms with Crippen LogP contribution in [-0.2, 0) is 0 Å². The van der Waals surface area contributed by atoms with Gasteiger partial charge in [0.15, 0.2) is 29.1 Å². The molecular formula is C110H74BClN8O2. The number of aromatic nitrogens is 8. The molecule has 0 spiro atoms. The number of halogens is 1. The van der Waals surface area contributed by atoms with Gasteiger partial charge in [0.2, 0.25) is 5.28 Å². The molecule has 4 aromatic heterocycles. The highest BCUT2D eigenvalue weighted by molar-refractivity contribution is 6.58. The van der Waals surface area contributed by atoms with Crippen LogP contribution >= 0.6 is 11.6 Å². The number of hydrogen-bond donors (Lipinski definition) is 2. The molecule has 0 bridgehead atoms. The molecule has 0 aliphatic rings. The molecule has 10 nitrogen and oxygen atoms in total. The van der Waals surface area contributed by atoms with Gasteiger partial charge in [-0.15, -0.1) is 0 Å². The zero-order valence-corrected chi connectivity index (χ0v) is 66.8. The molecule has 0 amide bonds. The average Bonchev–Trinajstić information content (AvgIpc) is 1.64. The molecule has 576 valence electrons. The van der Waals surface area contributed by atoms with E-state index in [1.165, 1.54) is 65.5 Å². The molecule has 0 aliphatic heterocycles. The van der Waals surface area contributed by atoms with E-state index in [0.29, 0.717) is 34.6 Å². The minimum Gasteiger partial charge on any atom is -0.423 e. The van der Waals surface area contributed by atoms with Crippen LogP contribution in [0.4, 0.5) is 0 Å². The summed E-state index contributed by atoms with van der Waals surface area (Å²) in [6.07, 6.45) is 0. The lowest BCUT2D eigenvalue weighted by molar-refractivity contribution is 0.426. The first-order chi connectivity index (χ1) is 60.2. The van der Waals surface area contributed by atoms with Crippen molar-refractivity contribution in [1.29, 1.82) is 0 Å². The maximum Gasteiger partial charge on any atom is 0.488 e. The first kappa shape index (κ1) is 75.1. The van der Waals surface area contributed by atoms with Gasteiger partial charge >= 0.3 is 7.12 Å². The van der Waals surface area contributed by atoms with Crippen molar-refractivity contribution in [2.45, 2.75) is 0 Å². The highest BCUT2D eigenvalue weighted by Crippen LogP contribution is 2.40. The molecule has 0 saturated carbocycles. The lowest BCUT2D eigenvalue weighted by Crippen LogP contribution is -2.29. The van der Waals surface area contributed by atoms with Crippen LogP contribution in [0, 0.1) is 0 Å². The third-order valence-electron chi connectivity index (χ3n) is 22.5. The first-order valence-electron chi connectivity index (χ1n) is 40.6. The molecule has 0 aliphatic carbocycles. The fourth-order valence-corrected chi connectivity index (χ4v) is 16.8. The monoisotopic (exact) mass is 1580 g/mol. The molecule has 0 fully saturated rings. The van der Waals surface area contributed by atoms with Crippen molar-refractivity contribution in [3.8, 4) is 135 Å². The van der Waals surface area contributed by atoms with Crippen molar-refractivity contribution < 1.29 is 10.0 Å². The number of benzene rings is 18. The molecule has 2 N–H and O–H groups in total. The van der Waals surface area contributed by atoms with Crippen LogP contribution in [0.5, 0.6) is 0 Å². The van der Waals surface area contributed by atoms with Crippen LogP contribution in [0.1, 0.15) is 0 Å². The highest BCUT2D eigenvalue weighted by atomic mass is 35.5. The number of hydrogen-bond acceptors (Lipinski definition) is 8. The second-order valence-electron chi connectivity index (χ2n) is 30.1. The van der Waals surface area contributed by atoms with Crippen molar-refractivity contribution in [3.05, 3.63) is 442 Å². The highest BCUT2D eigenvalue weighted by Gasteiger charge is 2.21. The fraction of sp³-hybridized carbons (Fsp3) is 0. The van der Waals surface area contributed by atoms with Gasteiger partial charge in [-0.3, -0.25) is 0 Å². The van der Waals surface area contributed by atoms with Crippen molar-refractivity contribution in [1.82, 2.24) is 39.0 Å². The molecule has 12 heteroatoms. The minimum absolute atomic E-state index is 0.159. The van der Waals surface area contributed by atoms with Crippen molar-refractivity contribution in [2.24, 2.45) is 0 Å². The summed E-state index contributed by atoms with van der Waals surface area (Å²) in [5.74, 6) is 2.92. The predicted molar refractivity (Wildman–Crippen MR) is 504 cm³/mol. The quantitative estimate of drug-likeness (QED) is 0.103. The van der Waals surface area contributed by atoms with Gasteiger partial charge in [0.1, 0.15) is 0 Å². The summed E-state index contributed by atoms with van der Waals surface area (Å²) in [4.78, 5) is 29.4. The number of para-hydroxylation sites is 4. The van der Waals surface area contributed by atoms with Crippen molar-refractivity contribution in [2.75, 3.05) is 0 Å². The molecule has 0 unspecified atom stereocenters. The lowest BCUT2D eigenvalue weighted by Gasteiger charge is -2.13. The van der Waals surface area contributed by atoms with Gasteiger partial charge in [-0.05, 0) is 172 Å². The standard InChI is InChI=1S/C55H36N4.C39H25ClN4.C16H13BO2/c1-2-14-37(15-3-1)41-18-10-19-42(34-41)38-30-32-40(33-31-38)53-56-54(44-21-11-20-43(35-44)48-27-13-17-39-16-4-5-24-47(39)48)58-55(57-53)45-22-12-23-46(36-45)59-51-28-8-6-25-49(51)50-26-7-9-29-52(50)59;40-39-42-37(28-22-20-27(21-23-28)30-13-8-12-29(24-30)26-10-2-1-3-11-26)41-38(43-39)31-14-9-15-32(25-31)44-35-18-6-4-16-33(35)34-17-5-7-19-36(34)44;18-17(19)14-8-3-7-13(11-14)16-10-4-6-12-5-1-2-9-15(12)16/h1-36H;1-25H;1-11,18-19H. The zero-order valence-electron chi connectivity index (χ0n) is 66.0. The Morgan fingerprint density at radius 1 is 0.197 bits per heavy atom. The van der Waals surface area contributed by atoms with Gasteiger partial charge < -0.3 is 19.2 Å². The fourth-order valence-electron chi connectivity index (χ4n) is 16.6. The third-order valence-corrected chi connectivity index (χ3v) is 22.7. The molecule has 0 radical (unpaired) electrons. The van der Waals surface area contributed by atoms with Crippen LogP contribution in [-0.4, -0.2) is 56.2 Å². The smallest absolute Gasteiger partial charge is 0.423 e. The van der Waals surface area contributed by atoms with E-state index in [4.69, 9.17) is 31.5 Å². The molecule has 22 aromatic rings. The van der Waals surface area contributed by atoms with E-state index in [9.17, 15) is 10.0 Å². The Morgan fingerprint density at radius 3 is 0.869 bits per heavy atom. The topological polar surface area (TPSA) is 128 Å². The first-order valence-corrected chi connectivity index (χ1v) is 41.0. The normalized spacial score (nSPS) is 11.2. The predicted octanol–water partition coefficient (Wildman–Crippen LogP) is 26.6. The number of nitrogens with zero attached hydrogens (tertiary/aromatic N) is 8. The average molecular weight is 1590 g/mol. The summed E-state index contributed by atoms with van der Waals surface area (Å²) in [5.41, 5.74) is 25.4. The number of fused-ring (bicyclic) bond motifs is 8. The zero-order chi connectivity index (χ0) is 81.8. The summed E-state index contributed by atoms with van der Waals surface area (Å²) < 4.78 is 4.61. The minimum atomic E-state index is -1.44. The van der Waals surface area contributed by atoms with Crippen LogP contribution in [0.25, 0.3) is 200 Å². The molecule has 0 saturated heterocycles. The van der Waals surface area contributed by atoms with Crippen LogP contribution in [0.15, 0.2) is 437 Å². The second-order valence-corrected chi connectivity index (χ2v) is 30.4. The maximum absolute atomic E-state index is 9.26. The summed E-state index contributed by atoms with van der Waals surface area (Å²) in [7, 11) is -1.44. The van der Waals surface area contributed by atoms with E-state index in [1.807, 2.05) is 78.9 Å². The molecule has 22 rings (SSSR count). The maximum atomic E-state index is 9.26. The Labute approximate surface area is 710 Å². The number of rotatable bonds is 14. The SMILES string of the molecule is Clc1nc(-c2ccc(-c3cccc(-c4ccccc4)c3)cc2)nc(-c2cccc(-n3c4ccccc4c4ccccc43)c2)n1.OB(O)c1cccc(-c2cccc3ccccc23)c1.c1ccc(-c2cccc(-c3ccc(-c4nc(-c5cccc(-c6cccc7ccccc67)c5)nc(-c5cccc(-n6c7ccccc7c7ccccc76)c5)n4)cc3)c2)cc1. The van der Waals surface area contributed by atoms with Crippen LogP contribution < -0.4 is 5.46 Å². The van der Waals surface area contributed by atoms with Gasteiger partial charge in [0, 0.05) is 60.7 Å². The van der Waals surface area contributed by atoms with E-state index in [-0.39, 0.29) is 5.28 Å². The van der Waals surface area contributed by atoms with Gasteiger partial charge in [-0.2, -0.15) is 9.97 Å². The summed E-state index contributed by atoms with van der Waals surface area (Å²) >= 11 is 6.48. The van der Waals surface area contributed by atoms with Gasteiger partial charge in [0.05, 0.1) is 22.1 Å². The summed E-state index contributed by atoms with van der Waals surface area (Å²) in [5, 5.41) is 28.3. The van der Waals surface area contributed by atoms with Crippen molar-refractivity contribution in [3.63, 3.8) is 0 Å². The summed E-state index contributed by atoms with van der Waals surface area (Å²) in [6, 6.07) is 151. The van der Waals surface area contributed by atoms with E-state index >= 15 is 0 Å². The van der Waals surface area contributed by atoms with Crippen molar-refractivity contribution >= 4 is 89.3 Å². The van der Waals surface area contributed by atoms with E-state index in [1.54, 1.807) is 6.07 Å². The molecule has 0 atom stereocenters. The van der Waals surface area contributed by atoms with Gasteiger partial charge in [0.25, 0.3) is 0 Å². The van der Waals surface area contributed by atoms with E-state index < -0.39 is 7.12 Å². The molecule has 4 heterocycles. The van der Waals surface area contributed by atoms with Gasteiger partial charge in [-0.25, -0.2) is 19.9 Å². The Balaban J connectivity index is 0.000000131. The molecular weight excluding hydrogens is 1510 g/mol. The van der Waals surface area contributed by atoms with Crippen LogP contribution in [0.3, 0.4) is 0 Å². The lowest BCUT2D eigenvalue weighted by atomic mass is 9.79. The van der Waals surface area contributed by atoms with Gasteiger partial charge in [-0.1, -0.05) is 370 Å². The second kappa shape index (κ2) is 33.4. The Hall–Kier alpha value is -15.6. The molecule has 18 aromatic carbocycles. The van der Waals surface area contributed by atoms with E-state index in [0.717, 1.165) is 106 Å².